The summed E-state index contributed by atoms with van der Waals surface area (Å²) in [6.45, 7) is 7.11. The van der Waals surface area contributed by atoms with Crippen LogP contribution in [0.5, 0.6) is 0 Å². The number of anilines is 1. The third-order valence-electron chi connectivity index (χ3n) is 7.24. The predicted molar refractivity (Wildman–Crippen MR) is 131 cm³/mol. The van der Waals surface area contributed by atoms with E-state index in [9.17, 15) is 13.2 Å². The molecule has 1 aromatic rings. The summed E-state index contributed by atoms with van der Waals surface area (Å²) < 4.78 is 25.7. The second-order valence-corrected chi connectivity index (χ2v) is 12.8. The summed E-state index contributed by atoms with van der Waals surface area (Å²) in [6, 6.07) is 0.679. The number of urea groups is 1. The minimum Gasteiger partial charge on any atom is -0.346 e. The zero-order valence-corrected chi connectivity index (χ0v) is 21.4. The Morgan fingerprint density at radius 1 is 1.12 bits per heavy atom. The van der Waals surface area contributed by atoms with Crippen molar-refractivity contribution in [3.63, 3.8) is 0 Å². The topological polar surface area (TPSA) is 102 Å². The zero-order chi connectivity index (χ0) is 23.3. The molecule has 2 saturated heterocycles. The SMILES string of the molecule is CCS(=O)(=O)N1CCN(Cc2cnc(NC(=O)N(C3CCCCC3)C3CC[NH2+]CC3)s2)CC1. The molecule has 33 heavy (non-hydrogen) atoms. The van der Waals surface area contributed by atoms with Gasteiger partial charge in [0.05, 0.1) is 18.8 Å². The van der Waals surface area contributed by atoms with Crippen molar-refractivity contribution in [2.45, 2.75) is 70.5 Å². The van der Waals surface area contributed by atoms with Crippen molar-refractivity contribution in [2.24, 2.45) is 0 Å². The van der Waals surface area contributed by atoms with E-state index >= 15 is 0 Å². The number of nitrogens with zero attached hydrogens (tertiary/aromatic N) is 4. The van der Waals surface area contributed by atoms with Gasteiger partial charge in [-0.15, -0.1) is 11.3 Å². The zero-order valence-electron chi connectivity index (χ0n) is 19.7. The largest absolute Gasteiger partial charge is 0.346 e. The van der Waals surface area contributed by atoms with Crippen molar-refractivity contribution in [2.75, 3.05) is 50.3 Å². The summed E-state index contributed by atoms with van der Waals surface area (Å²) in [5.74, 6) is 0.155. The van der Waals surface area contributed by atoms with Gasteiger partial charge in [-0.2, -0.15) is 4.31 Å². The van der Waals surface area contributed by atoms with Crippen LogP contribution in [0.3, 0.4) is 0 Å². The fourth-order valence-electron chi connectivity index (χ4n) is 5.34. The van der Waals surface area contributed by atoms with Crippen LogP contribution in [0.4, 0.5) is 9.93 Å². The van der Waals surface area contributed by atoms with E-state index in [1.165, 1.54) is 30.6 Å². The van der Waals surface area contributed by atoms with Crippen LogP contribution in [0.2, 0.25) is 0 Å². The van der Waals surface area contributed by atoms with E-state index in [-0.39, 0.29) is 11.8 Å². The number of hydrogen-bond donors (Lipinski definition) is 2. The lowest BCUT2D eigenvalue weighted by atomic mass is 9.92. The third kappa shape index (κ3) is 6.45. The lowest BCUT2D eigenvalue weighted by Gasteiger charge is -2.40. The molecule has 186 valence electrons. The number of piperidine rings is 1. The second-order valence-electron chi connectivity index (χ2n) is 9.43. The molecule has 1 aromatic heterocycles. The molecule has 2 aliphatic heterocycles. The van der Waals surface area contributed by atoms with Gasteiger partial charge in [0, 0.05) is 68.7 Å². The summed E-state index contributed by atoms with van der Waals surface area (Å²) in [7, 11) is -3.11. The molecule has 0 spiro atoms. The molecule has 11 heteroatoms. The first-order chi connectivity index (χ1) is 16.0. The Morgan fingerprint density at radius 2 is 1.79 bits per heavy atom. The van der Waals surface area contributed by atoms with Gasteiger partial charge in [-0.05, 0) is 19.8 Å². The van der Waals surface area contributed by atoms with Crippen LogP contribution < -0.4 is 10.6 Å². The summed E-state index contributed by atoms with van der Waals surface area (Å²) in [5.41, 5.74) is 0. The molecule has 0 bridgehead atoms. The molecule has 3 aliphatic rings. The maximum absolute atomic E-state index is 13.4. The molecular weight excluding hydrogens is 460 g/mol. The first-order valence-corrected chi connectivity index (χ1v) is 14.9. The molecule has 3 heterocycles. The van der Waals surface area contributed by atoms with Crippen molar-refractivity contribution in [1.82, 2.24) is 19.1 Å². The number of nitrogens with two attached hydrogens (primary N) is 1. The molecule has 2 amide bonds. The van der Waals surface area contributed by atoms with Crippen molar-refractivity contribution < 1.29 is 18.5 Å². The van der Waals surface area contributed by atoms with E-state index in [0.717, 1.165) is 50.2 Å². The molecule has 9 nitrogen and oxygen atoms in total. The molecule has 1 aliphatic carbocycles. The molecule has 1 saturated carbocycles. The Morgan fingerprint density at radius 3 is 2.45 bits per heavy atom. The maximum Gasteiger partial charge on any atom is 0.324 e. The summed E-state index contributed by atoms with van der Waals surface area (Å²) >= 11 is 1.53. The minimum atomic E-state index is -3.11. The fourth-order valence-corrected chi connectivity index (χ4v) is 7.27. The fraction of sp³-hybridized carbons (Fsp3) is 0.818. The minimum absolute atomic E-state index is 0.00749. The second kappa shape index (κ2) is 11.4. The summed E-state index contributed by atoms with van der Waals surface area (Å²) in [5, 5.41) is 6.11. The van der Waals surface area contributed by atoms with Gasteiger partial charge < -0.3 is 10.2 Å². The van der Waals surface area contributed by atoms with Crippen LogP contribution in [-0.4, -0.2) is 90.6 Å². The molecular formula is C22H39N6O3S2+. The Bertz CT molecular complexity index is 854. The average molecular weight is 500 g/mol. The number of amides is 2. The Hall–Kier alpha value is -1.27. The monoisotopic (exact) mass is 499 g/mol. The number of hydrogen-bond acceptors (Lipinski definition) is 6. The van der Waals surface area contributed by atoms with Gasteiger partial charge in [0.2, 0.25) is 10.0 Å². The average Bonchev–Trinajstić information content (AvgIpc) is 3.27. The number of carbonyl (C=O) groups excluding carboxylic acids is 1. The van der Waals surface area contributed by atoms with Gasteiger partial charge in [0.15, 0.2) is 5.13 Å². The van der Waals surface area contributed by atoms with Crippen LogP contribution in [0.25, 0.3) is 0 Å². The maximum atomic E-state index is 13.4. The Kier molecular flexibility index (Phi) is 8.61. The number of rotatable bonds is 7. The molecule has 3 N–H and O–H groups in total. The Balaban J connectivity index is 1.33. The highest BCUT2D eigenvalue weighted by Crippen LogP contribution is 2.28. The normalized spacial score (nSPS) is 22.3. The van der Waals surface area contributed by atoms with Gasteiger partial charge >= 0.3 is 6.03 Å². The van der Waals surface area contributed by atoms with Crippen LogP contribution >= 0.6 is 11.3 Å². The number of carbonyl (C=O) groups is 1. The van der Waals surface area contributed by atoms with Gasteiger partial charge in [-0.25, -0.2) is 18.2 Å². The molecule has 4 rings (SSSR count). The molecule has 0 aromatic carbocycles. The third-order valence-corrected chi connectivity index (χ3v) is 10.0. The lowest BCUT2D eigenvalue weighted by molar-refractivity contribution is -0.663. The van der Waals surface area contributed by atoms with E-state index in [2.05, 4.69) is 25.4 Å². The van der Waals surface area contributed by atoms with Gasteiger partial charge in [0.25, 0.3) is 0 Å². The highest BCUT2D eigenvalue weighted by atomic mass is 32.2. The summed E-state index contributed by atoms with van der Waals surface area (Å²) in [4.78, 5) is 23.4. The number of aromatic nitrogens is 1. The van der Waals surface area contributed by atoms with E-state index < -0.39 is 10.0 Å². The molecule has 0 unspecified atom stereocenters. The van der Waals surface area contributed by atoms with Gasteiger partial charge in [0.1, 0.15) is 0 Å². The molecule has 0 radical (unpaired) electrons. The number of quaternary nitrogens is 1. The summed E-state index contributed by atoms with van der Waals surface area (Å²) in [6.07, 6.45) is 9.88. The number of piperazine rings is 1. The predicted octanol–water partition coefficient (Wildman–Crippen LogP) is 1.50. The van der Waals surface area contributed by atoms with Crippen LogP contribution in [-0.2, 0) is 16.6 Å². The van der Waals surface area contributed by atoms with Crippen molar-refractivity contribution in [3.8, 4) is 0 Å². The standard InChI is InChI=1S/C22H38N6O3S2/c1-2-33(30,31)27-14-12-26(13-15-27)17-20-16-24-21(32-20)25-22(29)28(18-6-4-3-5-7-18)19-8-10-23-11-9-19/h16,18-19,23H,2-15,17H2,1H3,(H,24,25,29)/p+1. The highest BCUT2D eigenvalue weighted by Gasteiger charge is 2.34. The van der Waals surface area contributed by atoms with E-state index in [1.807, 2.05) is 6.20 Å². The van der Waals surface area contributed by atoms with Crippen LogP contribution in [0, 0.1) is 0 Å². The van der Waals surface area contributed by atoms with Crippen LogP contribution in [0.1, 0.15) is 56.7 Å². The van der Waals surface area contributed by atoms with Gasteiger partial charge in [-0.1, -0.05) is 19.3 Å². The van der Waals surface area contributed by atoms with Crippen molar-refractivity contribution in [3.05, 3.63) is 11.1 Å². The van der Waals surface area contributed by atoms with Crippen molar-refractivity contribution in [1.29, 1.82) is 0 Å². The Labute approximate surface area is 202 Å². The molecule has 0 atom stereocenters. The first-order valence-electron chi connectivity index (χ1n) is 12.5. The van der Waals surface area contributed by atoms with E-state index in [4.69, 9.17) is 0 Å². The van der Waals surface area contributed by atoms with Crippen LogP contribution in [0.15, 0.2) is 6.20 Å². The number of sulfonamides is 1. The van der Waals surface area contributed by atoms with E-state index in [1.54, 1.807) is 11.2 Å². The quantitative estimate of drug-likeness (QED) is 0.592. The van der Waals surface area contributed by atoms with E-state index in [0.29, 0.717) is 43.4 Å². The number of nitrogens with one attached hydrogen (secondary N) is 1. The van der Waals surface area contributed by atoms with Crippen molar-refractivity contribution >= 4 is 32.5 Å². The van der Waals surface area contributed by atoms with Gasteiger partial charge in [-0.3, -0.25) is 10.2 Å². The smallest absolute Gasteiger partial charge is 0.324 e. The molecule has 3 fully saturated rings. The first kappa shape index (κ1) is 24.8. The number of thiazole rings is 1. The lowest BCUT2D eigenvalue weighted by Crippen LogP contribution is -2.87. The highest BCUT2D eigenvalue weighted by molar-refractivity contribution is 7.89.